The van der Waals surface area contributed by atoms with Gasteiger partial charge in [0.2, 0.25) is 0 Å². The zero-order chi connectivity index (χ0) is 15.3. The summed E-state index contributed by atoms with van der Waals surface area (Å²) in [5, 5.41) is 3.65. The highest BCUT2D eigenvalue weighted by Gasteiger charge is 2.39. The van der Waals surface area contributed by atoms with Crippen molar-refractivity contribution in [2.45, 2.75) is 64.8 Å². The maximum Gasteiger partial charge on any atom is 0.126 e. The second-order valence-corrected chi connectivity index (χ2v) is 6.41. The third-order valence-electron chi connectivity index (χ3n) is 5.05. The third kappa shape index (κ3) is 4.03. The van der Waals surface area contributed by atoms with E-state index < -0.39 is 11.6 Å². The molecule has 1 atom stereocenters. The average molecular weight is 295 g/mol. The van der Waals surface area contributed by atoms with Crippen LogP contribution in [-0.4, -0.2) is 12.6 Å². The first-order valence-corrected chi connectivity index (χ1v) is 8.28. The van der Waals surface area contributed by atoms with Crippen LogP contribution in [0.15, 0.2) is 18.2 Å². The van der Waals surface area contributed by atoms with Crippen LogP contribution < -0.4 is 5.32 Å². The largest absolute Gasteiger partial charge is 0.313 e. The van der Waals surface area contributed by atoms with Gasteiger partial charge in [0.25, 0.3) is 0 Å². The van der Waals surface area contributed by atoms with Gasteiger partial charge in [-0.3, -0.25) is 0 Å². The molecule has 1 aliphatic carbocycles. The minimum atomic E-state index is -0.476. The maximum absolute atomic E-state index is 13.4. The molecule has 0 radical (unpaired) electrons. The summed E-state index contributed by atoms with van der Waals surface area (Å²) in [6.45, 7) is 5.36. The molecule has 118 valence electrons. The van der Waals surface area contributed by atoms with Crippen molar-refractivity contribution in [2.24, 2.45) is 5.41 Å². The Labute approximate surface area is 127 Å². The topological polar surface area (TPSA) is 12.0 Å². The number of hydrogen-bond donors (Lipinski definition) is 1. The Balaban J connectivity index is 2.19. The van der Waals surface area contributed by atoms with E-state index in [0.29, 0.717) is 12.5 Å². The number of benzene rings is 1. The van der Waals surface area contributed by atoms with Crippen molar-refractivity contribution in [3.05, 3.63) is 35.4 Å². The lowest BCUT2D eigenvalue weighted by atomic mass is 9.74. The molecule has 1 nitrogen and oxygen atoms in total. The summed E-state index contributed by atoms with van der Waals surface area (Å²) in [7, 11) is 0. The summed E-state index contributed by atoms with van der Waals surface area (Å²) in [6, 6.07) is 4.21. The highest BCUT2D eigenvalue weighted by Crippen LogP contribution is 2.44. The van der Waals surface area contributed by atoms with Crippen molar-refractivity contribution in [2.75, 3.05) is 6.54 Å². The summed E-state index contributed by atoms with van der Waals surface area (Å²) >= 11 is 0. The van der Waals surface area contributed by atoms with E-state index in [9.17, 15) is 8.78 Å². The molecule has 1 aromatic carbocycles. The van der Waals surface area contributed by atoms with Crippen LogP contribution in [-0.2, 0) is 6.42 Å². The van der Waals surface area contributed by atoms with Crippen molar-refractivity contribution in [3.8, 4) is 0 Å². The Bertz CT molecular complexity index is 432. The van der Waals surface area contributed by atoms with Crippen LogP contribution in [0, 0.1) is 17.0 Å². The predicted octanol–water partition coefficient (Wildman–Crippen LogP) is 4.85. The van der Waals surface area contributed by atoms with E-state index in [-0.39, 0.29) is 5.41 Å². The summed E-state index contributed by atoms with van der Waals surface area (Å²) in [4.78, 5) is 0. The van der Waals surface area contributed by atoms with Crippen LogP contribution in [0.1, 0.15) is 57.9 Å². The molecule has 0 saturated heterocycles. The van der Waals surface area contributed by atoms with E-state index in [1.165, 1.54) is 37.8 Å². The van der Waals surface area contributed by atoms with Gasteiger partial charge < -0.3 is 5.32 Å². The Morgan fingerprint density at radius 1 is 1.10 bits per heavy atom. The summed E-state index contributed by atoms with van der Waals surface area (Å²) in [5.41, 5.74) is 1.05. The van der Waals surface area contributed by atoms with Gasteiger partial charge in [-0.05, 0) is 61.8 Å². The van der Waals surface area contributed by atoms with Gasteiger partial charge in [0.15, 0.2) is 0 Å². The molecule has 0 aliphatic heterocycles. The SMILES string of the molecule is CCCNC(Cc1cc(F)cc(F)c1)C1(CC)CCCC1. The zero-order valence-electron chi connectivity index (χ0n) is 13.2. The zero-order valence-corrected chi connectivity index (χ0v) is 13.2. The number of hydrogen-bond acceptors (Lipinski definition) is 1. The van der Waals surface area contributed by atoms with E-state index in [1.807, 2.05) is 0 Å². The van der Waals surface area contributed by atoms with Gasteiger partial charge >= 0.3 is 0 Å². The van der Waals surface area contributed by atoms with Crippen molar-refractivity contribution < 1.29 is 8.78 Å². The van der Waals surface area contributed by atoms with Crippen molar-refractivity contribution in [1.82, 2.24) is 5.32 Å². The van der Waals surface area contributed by atoms with Crippen LogP contribution in [0.25, 0.3) is 0 Å². The second kappa shape index (κ2) is 7.35. The highest BCUT2D eigenvalue weighted by atomic mass is 19.1. The quantitative estimate of drug-likeness (QED) is 0.758. The normalized spacial score (nSPS) is 18.9. The molecule has 0 spiro atoms. The lowest BCUT2D eigenvalue weighted by molar-refractivity contribution is 0.184. The van der Waals surface area contributed by atoms with Crippen molar-refractivity contribution >= 4 is 0 Å². The number of halogens is 2. The Kier molecular flexibility index (Phi) is 5.74. The number of nitrogens with one attached hydrogen (secondary N) is 1. The molecule has 1 N–H and O–H groups in total. The third-order valence-corrected chi connectivity index (χ3v) is 5.05. The lowest BCUT2D eigenvalue weighted by Gasteiger charge is -2.38. The standard InChI is InChI=1S/C18H27F2N/c1-3-9-21-17(18(4-2)7-5-6-8-18)12-14-10-15(19)13-16(20)11-14/h10-11,13,17,21H,3-9,12H2,1-2H3. The molecule has 0 amide bonds. The molecule has 0 aromatic heterocycles. The van der Waals surface area contributed by atoms with Crippen molar-refractivity contribution in [1.29, 1.82) is 0 Å². The van der Waals surface area contributed by atoms with E-state index in [2.05, 4.69) is 19.2 Å². The summed E-state index contributed by atoms with van der Waals surface area (Å²) in [6.07, 6.45) is 7.92. The molecule has 0 heterocycles. The van der Waals surface area contributed by atoms with Gasteiger partial charge in [-0.1, -0.05) is 26.7 Å². The molecular formula is C18H27F2N. The van der Waals surface area contributed by atoms with Crippen molar-refractivity contribution in [3.63, 3.8) is 0 Å². The molecule has 1 saturated carbocycles. The molecule has 21 heavy (non-hydrogen) atoms. The molecule has 1 aromatic rings. The Hall–Kier alpha value is -0.960. The molecule has 1 unspecified atom stereocenters. The molecule has 1 aliphatic rings. The summed E-state index contributed by atoms with van der Waals surface area (Å²) in [5.74, 6) is -0.951. The van der Waals surface area contributed by atoms with E-state index in [0.717, 1.165) is 31.0 Å². The summed E-state index contributed by atoms with van der Waals surface area (Å²) < 4.78 is 26.8. The number of rotatable bonds is 7. The van der Waals surface area contributed by atoms with Gasteiger partial charge in [-0.25, -0.2) is 8.78 Å². The fourth-order valence-electron chi connectivity index (χ4n) is 3.82. The molecule has 3 heteroatoms. The molecule has 0 bridgehead atoms. The van der Waals surface area contributed by atoms with Gasteiger partial charge in [-0.2, -0.15) is 0 Å². The smallest absolute Gasteiger partial charge is 0.126 e. The van der Waals surface area contributed by atoms with Gasteiger partial charge in [0.1, 0.15) is 11.6 Å². The van der Waals surface area contributed by atoms with Gasteiger partial charge in [-0.15, -0.1) is 0 Å². The van der Waals surface area contributed by atoms with Crippen LogP contribution in [0.3, 0.4) is 0 Å². The fourth-order valence-corrected chi connectivity index (χ4v) is 3.82. The Morgan fingerprint density at radius 2 is 1.71 bits per heavy atom. The second-order valence-electron chi connectivity index (χ2n) is 6.41. The molecular weight excluding hydrogens is 268 g/mol. The highest BCUT2D eigenvalue weighted by molar-refractivity contribution is 5.20. The average Bonchev–Trinajstić information content (AvgIpc) is 2.92. The molecule has 1 fully saturated rings. The predicted molar refractivity (Wildman–Crippen MR) is 83.3 cm³/mol. The van der Waals surface area contributed by atoms with Crippen LogP contribution in [0.5, 0.6) is 0 Å². The minimum Gasteiger partial charge on any atom is -0.313 e. The first-order valence-electron chi connectivity index (χ1n) is 8.28. The minimum absolute atomic E-state index is 0.290. The van der Waals surface area contributed by atoms with Crippen LogP contribution in [0.2, 0.25) is 0 Å². The van der Waals surface area contributed by atoms with Crippen LogP contribution >= 0.6 is 0 Å². The lowest BCUT2D eigenvalue weighted by Crippen LogP contribution is -2.45. The van der Waals surface area contributed by atoms with Gasteiger partial charge in [0.05, 0.1) is 0 Å². The monoisotopic (exact) mass is 295 g/mol. The maximum atomic E-state index is 13.4. The fraction of sp³-hybridized carbons (Fsp3) is 0.667. The van der Waals surface area contributed by atoms with Gasteiger partial charge in [0, 0.05) is 12.1 Å². The molecule has 2 rings (SSSR count). The first-order chi connectivity index (χ1) is 10.1. The van der Waals surface area contributed by atoms with E-state index in [1.54, 1.807) is 0 Å². The van der Waals surface area contributed by atoms with E-state index >= 15 is 0 Å². The first kappa shape index (κ1) is 16.4. The Morgan fingerprint density at radius 3 is 2.24 bits per heavy atom. The van der Waals surface area contributed by atoms with Crippen LogP contribution in [0.4, 0.5) is 8.78 Å². The van der Waals surface area contributed by atoms with E-state index in [4.69, 9.17) is 0 Å².